The van der Waals surface area contributed by atoms with Crippen LogP contribution in [0.4, 0.5) is 0 Å². The van der Waals surface area contributed by atoms with Crippen LogP contribution in [0.3, 0.4) is 0 Å². The van der Waals surface area contributed by atoms with Crippen LogP contribution in [0.1, 0.15) is 57.0 Å². The first kappa shape index (κ1) is 25.2. The predicted octanol–water partition coefficient (Wildman–Crippen LogP) is 3.41. The molecule has 0 unspecified atom stereocenters. The molecule has 0 spiro atoms. The van der Waals surface area contributed by atoms with Crippen molar-refractivity contribution in [1.29, 1.82) is 0 Å². The number of benzene rings is 1. The molecule has 37 heavy (non-hydrogen) atoms. The molecule has 1 aliphatic heterocycles. The molecule has 3 heterocycles. The van der Waals surface area contributed by atoms with Gasteiger partial charge in [0.1, 0.15) is 11.3 Å². The Labute approximate surface area is 216 Å². The van der Waals surface area contributed by atoms with E-state index in [9.17, 15) is 9.59 Å². The van der Waals surface area contributed by atoms with E-state index in [1.165, 1.54) is 0 Å². The van der Waals surface area contributed by atoms with Gasteiger partial charge in [-0.2, -0.15) is 5.10 Å². The minimum atomic E-state index is -0.221. The Morgan fingerprint density at radius 1 is 1.08 bits per heavy atom. The van der Waals surface area contributed by atoms with E-state index in [2.05, 4.69) is 20.7 Å². The molecular formula is C28H34N4O5. The number of nitrogens with zero attached hydrogens (tertiary/aromatic N) is 2. The zero-order valence-corrected chi connectivity index (χ0v) is 21.7. The molecule has 3 aromatic rings. The van der Waals surface area contributed by atoms with Crippen LogP contribution < -0.4 is 10.7 Å². The molecule has 1 fully saturated rings. The second-order valence-corrected chi connectivity index (χ2v) is 9.83. The molecule has 0 bridgehead atoms. The van der Waals surface area contributed by atoms with E-state index in [-0.39, 0.29) is 18.2 Å². The van der Waals surface area contributed by atoms with E-state index in [0.717, 1.165) is 95.9 Å². The molecule has 0 radical (unpaired) electrons. The van der Waals surface area contributed by atoms with E-state index < -0.39 is 0 Å². The second kappa shape index (κ2) is 10.9. The number of fused-ring (bicyclic) bond motifs is 2. The molecule has 1 aromatic carbocycles. The normalized spacial score (nSPS) is 17.2. The number of hydrazone groups is 1. The first-order valence-electron chi connectivity index (χ1n) is 12.9. The summed E-state index contributed by atoms with van der Waals surface area (Å²) in [6, 6.07) is 4.03. The van der Waals surface area contributed by atoms with Crippen molar-refractivity contribution >= 4 is 28.5 Å². The third-order valence-electron chi connectivity index (χ3n) is 7.36. The van der Waals surface area contributed by atoms with E-state index in [1.54, 1.807) is 6.26 Å². The highest BCUT2D eigenvalue weighted by Gasteiger charge is 2.28. The van der Waals surface area contributed by atoms with Gasteiger partial charge in [0, 0.05) is 54.7 Å². The molecule has 0 saturated carbocycles. The molecule has 2 aliphatic rings. The highest BCUT2D eigenvalue weighted by atomic mass is 16.5. The number of carbonyl (C=O) groups is 2. The van der Waals surface area contributed by atoms with Crippen LogP contribution >= 0.6 is 0 Å². The van der Waals surface area contributed by atoms with Crippen molar-refractivity contribution < 1.29 is 23.2 Å². The number of nitrogens with one attached hydrogen (secondary N) is 2. The van der Waals surface area contributed by atoms with Gasteiger partial charge >= 0.3 is 0 Å². The molecule has 5 rings (SSSR count). The van der Waals surface area contributed by atoms with Crippen LogP contribution in [-0.4, -0.2) is 61.8 Å². The van der Waals surface area contributed by atoms with Crippen molar-refractivity contribution in [2.24, 2.45) is 5.10 Å². The van der Waals surface area contributed by atoms with Gasteiger partial charge in [-0.15, -0.1) is 0 Å². The van der Waals surface area contributed by atoms with Crippen LogP contribution in [0, 0.1) is 20.8 Å². The lowest BCUT2D eigenvalue weighted by Crippen LogP contribution is -2.41. The van der Waals surface area contributed by atoms with Gasteiger partial charge in [0.15, 0.2) is 5.76 Å². The summed E-state index contributed by atoms with van der Waals surface area (Å²) in [7, 11) is 0. The molecule has 196 valence electrons. The zero-order chi connectivity index (χ0) is 25.9. The fourth-order valence-corrected chi connectivity index (χ4v) is 5.10. The average molecular weight is 507 g/mol. The number of aryl methyl sites for hydroxylation is 3. The highest BCUT2D eigenvalue weighted by Crippen LogP contribution is 2.30. The molecular weight excluding hydrogens is 472 g/mol. The standard InChI is InChI=1S/C28H34N4O5/c1-17-7-8-21-20(16-36-26(21)18(17)2)15-24(33)31-30-22-5-4-6-23-25(22)19(3)27(37-23)28(34)29-9-10-32-11-13-35-14-12-32/h7-8,16H,4-6,9-15H2,1-3H3,(H,29,34)(H,31,33)/b30-22+. The molecule has 2 aromatic heterocycles. The van der Waals surface area contributed by atoms with Crippen molar-refractivity contribution in [1.82, 2.24) is 15.6 Å². The Morgan fingerprint density at radius 2 is 1.89 bits per heavy atom. The zero-order valence-electron chi connectivity index (χ0n) is 21.7. The number of rotatable bonds is 7. The first-order chi connectivity index (χ1) is 17.9. The maximum Gasteiger partial charge on any atom is 0.287 e. The quantitative estimate of drug-likeness (QED) is 0.476. The minimum Gasteiger partial charge on any atom is -0.464 e. The van der Waals surface area contributed by atoms with E-state index in [4.69, 9.17) is 13.6 Å². The summed E-state index contributed by atoms with van der Waals surface area (Å²) in [5, 5.41) is 8.37. The number of furan rings is 2. The van der Waals surface area contributed by atoms with Gasteiger partial charge in [-0.3, -0.25) is 14.5 Å². The van der Waals surface area contributed by atoms with Gasteiger partial charge in [0.05, 0.1) is 31.6 Å². The summed E-state index contributed by atoms with van der Waals surface area (Å²) in [5.74, 6) is 0.633. The summed E-state index contributed by atoms with van der Waals surface area (Å²) < 4.78 is 17.1. The Bertz CT molecular complexity index is 1350. The maximum atomic E-state index is 12.9. The number of hydrogen-bond donors (Lipinski definition) is 2. The molecule has 0 atom stereocenters. The Morgan fingerprint density at radius 3 is 2.70 bits per heavy atom. The fourth-order valence-electron chi connectivity index (χ4n) is 5.10. The fraction of sp³-hybridized carbons (Fsp3) is 0.464. The summed E-state index contributed by atoms with van der Waals surface area (Å²) in [5.41, 5.74) is 8.93. The van der Waals surface area contributed by atoms with Crippen LogP contribution in [-0.2, 0) is 22.4 Å². The van der Waals surface area contributed by atoms with E-state index in [0.29, 0.717) is 18.7 Å². The highest BCUT2D eigenvalue weighted by molar-refractivity contribution is 6.06. The van der Waals surface area contributed by atoms with Crippen molar-refractivity contribution in [3.05, 3.63) is 57.7 Å². The Kier molecular flexibility index (Phi) is 7.43. The van der Waals surface area contributed by atoms with Gasteiger partial charge in [0.25, 0.3) is 5.91 Å². The molecule has 9 heteroatoms. The van der Waals surface area contributed by atoms with E-state index in [1.807, 2.05) is 32.9 Å². The molecule has 2 N–H and O–H groups in total. The smallest absolute Gasteiger partial charge is 0.287 e. The Balaban J connectivity index is 1.24. The van der Waals surface area contributed by atoms with Crippen LogP contribution in [0.25, 0.3) is 11.0 Å². The molecule has 1 saturated heterocycles. The molecule has 9 nitrogen and oxygen atoms in total. The summed E-state index contributed by atoms with van der Waals surface area (Å²) in [4.78, 5) is 27.9. The first-order valence-corrected chi connectivity index (χ1v) is 12.9. The predicted molar refractivity (Wildman–Crippen MR) is 140 cm³/mol. The average Bonchev–Trinajstić information content (AvgIpc) is 3.47. The lowest BCUT2D eigenvalue weighted by atomic mass is 9.93. The third kappa shape index (κ3) is 5.33. The van der Waals surface area contributed by atoms with Gasteiger partial charge in [-0.05, 0) is 44.7 Å². The van der Waals surface area contributed by atoms with E-state index >= 15 is 0 Å². The van der Waals surface area contributed by atoms with Gasteiger partial charge in [-0.25, -0.2) is 5.43 Å². The van der Waals surface area contributed by atoms with Gasteiger partial charge in [0.2, 0.25) is 5.91 Å². The van der Waals surface area contributed by atoms with Crippen LogP contribution in [0.15, 0.2) is 32.3 Å². The largest absolute Gasteiger partial charge is 0.464 e. The third-order valence-corrected chi connectivity index (χ3v) is 7.36. The number of amides is 2. The molecule has 1 aliphatic carbocycles. The minimum absolute atomic E-state index is 0.167. The lowest BCUT2D eigenvalue weighted by molar-refractivity contribution is -0.120. The Hall–Kier alpha value is -3.43. The summed E-state index contributed by atoms with van der Waals surface area (Å²) in [6.07, 6.45) is 4.10. The summed E-state index contributed by atoms with van der Waals surface area (Å²) >= 11 is 0. The number of ether oxygens (including phenoxy) is 1. The van der Waals surface area contributed by atoms with Crippen molar-refractivity contribution in [3.8, 4) is 0 Å². The van der Waals surface area contributed by atoms with Crippen molar-refractivity contribution in [2.75, 3.05) is 39.4 Å². The SMILES string of the molecule is Cc1ccc2c(CC(=O)N/N=C3\CCCc4oc(C(=O)NCCN5CCOCC5)c(C)c43)coc2c1C. The number of morpholine rings is 1. The van der Waals surface area contributed by atoms with Crippen molar-refractivity contribution in [3.63, 3.8) is 0 Å². The summed E-state index contributed by atoms with van der Waals surface area (Å²) in [6.45, 7) is 10.5. The lowest BCUT2D eigenvalue weighted by Gasteiger charge is -2.26. The maximum absolute atomic E-state index is 12.9. The molecule has 2 amide bonds. The number of carbonyl (C=O) groups excluding carboxylic acids is 2. The van der Waals surface area contributed by atoms with Gasteiger partial charge in [-0.1, -0.05) is 12.1 Å². The second-order valence-electron chi connectivity index (χ2n) is 9.83. The van der Waals surface area contributed by atoms with Crippen LogP contribution in [0.2, 0.25) is 0 Å². The van der Waals surface area contributed by atoms with Crippen molar-refractivity contribution in [2.45, 2.75) is 46.5 Å². The topological polar surface area (TPSA) is 109 Å². The van der Waals surface area contributed by atoms with Gasteiger partial charge < -0.3 is 18.9 Å². The van der Waals surface area contributed by atoms with Crippen LogP contribution in [0.5, 0.6) is 0 Å². The number of hydrogen-bond acceptors (Lipinski definition) is 7. The monoisotopic (exact) mass is 506 g/mol.